The number of carbonyl (C=O) groups is 1. The number of ether oxygens (including phenoxy) is 1. The Labute approximate surface area is 221 Å². The Morgan fingerprint density at radius 2 is 1.86 bits per heavy atom. The quantitative estimate of drug-likeness (QED) is 0.472. The van der Waals surface area contributed by atoms with Crippen molar-refractivity contribution in [1.82, 2.24) is 19.3 Å². The topological polar surface area (TPSA) is 130 Å². The molecule has 0 bridgehead atoms. The number of aromatic nitrogens is 3. The van der Waals surface area contributed by atoms with Gasteiger partial charge in [-0.15, -0.1) is 0 Å². The van der Waals surface area contributed by atoms with E-state index in [-0.39, 0.29) is 27.3 Å². The Bertz CT molecular complexity index is 1460. The number of nitrogens with one attached hydrogen (secondary N) is 1. The molecule has 0 radical (unpaired) electrons. The summed E-state index contributed by atoms with van der Waals surface area (Å²) < 4.78 is 33.2. The van der Waals surface area contributed by atoms with E-state index in [0.29, 0.717) is 30.8 Å². The van der Waals surface area contributed by atoms with Gasteiger partial charge in [0.25, 0.3) is 10.0 Å². The largest absolute Gasteiger partial charge is 0.444 e. The van der Waals surface area contributed by atoms with Crippen LogP contribution in [0.25, 0.3) is 11.0 Å². The lowest BCUT2D eigenvalue weighted by Gasteiger charge is -2.33. The van der Waals surface area contributed by atoms with Gasteiger partial charge in [-0.2, -0.15) is 15.2 Å². The van der Waals surface area contributed by atoms with E-state index in [1.165, 1.54) is 18.3 Å². The van der Waals surface area contributed by atoms with Gasteiger partial charge in [0.1, 0.15) is 17.5 Å². The summed E-state index contributed by atoms with van der Waals surface area (Å²) in [4.78, 5) is 22.6. The smallest absolute Gasteiger partial charge is 0.407 e. The van der Waals surface area contributed by atoms with Crippen molar-refractivity contribution in [2.75, 3.05) is 24.5 Å². The number of carbonyl (C=O) groups excluding carboxylic acids is 1. The molecule has 0 spiro atoms. The highest BCUT2D eigenvalue weighted by Crippen LogP contribution is 2.34. The zero-order chi connectivity index (χ0) is 27.0. The number of halogens is 1. The van der Waals surface area contributed by atoms with Crippen molar-refractivity contribution in [3.05, 3.63) is 46.9 Å². The monoisotopic (exact) mass is 544 g/mol. The molecule has 3 heterocycles. The van der Waals surface area contributed by atoms with Gasteiger partial charge in [0.2, 0.25) is 5.28 Å². The molecule has 2 aromatic heterocycles. The summed E-state index contributed by atoms with van der Waals surface area (Å²) >= 11 is 6.25. The van der Waals surface area contributed by atoms with Crippen molar-refractivity contribution in [2.45, 2.75) is 51.0 Å². The van der Waals surface area contributed by atoms with Crippen LogP contribution in [0.2, 0.25) is 5.28 Å². The van der Waals surface area contributed by atoms with Crippen molar-refractivity contribution in [1.29, 1.82) is 5.26 Å². The van der Waals surface area contributed by atoms with Crippen LogP contribution in [-0.2, 0) is 14.8 Å². The number of hydrogen-bond donors (Lipinski definition) is 1. The first-order valence-corrected chi connectivity index (χ1v) is 13.7. The van der Waals surface area contributed by atoms with Crippen LogP contribution in [-0.4, -0.2) is 53.7 Å². The molecule has 0 aliphatic carbocycles. The molecule has 1 aromatic carbocycles. The molecule has 0 unspecified atom stereocenters. The lowest BCUT2D eigenvalue weighted by atomic mass is 9.96. The summed E-state index contributed by atoms with van der Waals surface area (Å²) in [6, 6.07) is 8.53. The van der Waals surface area contributed by atoms with E-state index in [1.54, 1.807) is 12.1 Å². The number of aryl methyl sites for hydroxylation is 1. The summed E-state index contributed by atoms with van der Waals surface area (Å²) in [5, 5.41) is 12.9. The minimum absolute atomic E-state index is 0.0563. The third-order valence-electron chi connectivity index (χ3n) is 6.11. The van der Waals surface area contributed by atoms with Gasteiger partial charge in [-0.3, -0.25) is 0 Å². The Morgan fingerprint density at radius 3 is 2.46 bits per heavy atom. The van der Waals surface area contributed by atoms with Crippen LogP contribution in [0.3, 0.4) is 0 Å². The van der Waals surface area contributed by atoms with Gasteiger partial charge in [-0.25, -0.2) is 17.2 Å². The molecule has 3 aromatic rings. The van der Waals surface area contributed by atoms with Crippen molar-refractivity contribution < 1.29 is 17.9 Å². The number of nitrogens with zero attached hydrogens (tertiary/aromatic N) is 5. The lowest BCUT2D eigenvalue weighted by Crippen LogP contribution is -2.40. The van der Waals surface area contributed by atoms with Gasteiger partial charge >= 0.3 is 6.09 Å². The number of amides is 1. The normalized spacial score (nSPS) is 15.0. The first-order chi connectivity index (χ1) is 17.4. The number of fused-ring (bicyclic) bond motifs is 1. The van der Waals surface area contributed by atoms with Gasteiger partial charge in [-0.1, -0.05) is 17.7 Å². The SMILES string of the molecule is Cc1ccc(S(=O)(=O)n2cc(C#N)c3c(N4CCC(CNC(=O)OC(C)(C)C)CC4)nc(Cl)nc32)cc1. The van der Waals surface area contributed by atoms with Gasteiger partial charge < -0.3 is 15.0 Å². The Balaban J connectivity index is 1.60. The molecule has 1 saturated heterocycles. The third-order valence-corrected chi connectivity index (χ3v) is 7.95. The fraction of sp³-hybridized carbons (Fsp3) is 0.440. The first-order valence-electron chi connectivity index (χ1n) is 11.9. The second-order valence-electron chi connectivity index (χ2n) is 10.1. The second-order valence-corrected chi connectivity index (χ2v) is 12.2. The maximum Gasteiger partial charge on any atom is 0.407 e. The van der Waals surface area contributed by atoms with Crippen molar-refractivity contribution in [3.63, 3.8) is 0 Å². The predicted octanol–water partition coefficient (Wildman–Crippen LogP) is 4.24. The highest BCUT2D eigenvalue weighted by atomic mass is 35.5. The van der Waals surface area contributed by atoms with Gasteiger partial charge in [-0.05, 0) is 70.2 Å². The highest BCUT2D eigenvalue weighted by molar-refractivity contribution is 7.90. The fourth-order valence-electron chi connectivity index (χ4n) is 4.27. The Kier molecular flexibility index (Phi) is 7.35. The van der Waals surface area contributed by atoms with Gasteiger partial charge in [0.15, 0.2) is 5.65 Å². The Hall–Kier alpha value is -3.36. The van der Waals surface area contributed by atoms with E-state index in [0.717, 1.165) is 22.4 Å². The van der Waals surface area contributed by atoms with Crippen LogP contribution in [0.1, 0.15) is 44.7 Å². The van der Waals surface area contributed by atoms with Gasteiger partial charge in [0.05, 0.1) is 15.8 Å². The van der Waals surface area contributed by atoms with Crippen molar-refractivity contribution in [3.8, 4) is 6.07 Å². The molecule has 1 aliphatic rings. The van der Waals surface area contributed by atoms with E-state index in [1.807, 2.05) is 32.6 Å². The number of nitriles is 1. The standard InChI is InChI=1S/C25H29ClN6O4S/c1-16-5-7-19(8-6-16)37(34,35)32-15-18(13-27)20-21(29-23(26)30-22(20)32)31-11-9-17(10-12-31)14-28-24(33)36-25(2,3)4/h5-8,15,17H,9-12,14H2,1-4H3,(H,28,33). The van der Waals surface area contributed by atoms with Crippen LogP contribution in [0.4, 0.5) is 10.6 Å². The zero-order valence-electron chi connectivity index (χ0n) is 21.2. The summed E-state index contributed by atoms with van der Waals surface area (Å²) in [6.45, 7) is 8.96. The number of anilines is 1. The molecule has 12 heteroatoms. The van der Waals surface area contributed by atoms with Crippen LogP contribution < -0.4 is 10.2 Å². The molecule has 0 atom stereocenters. The fourth-order valence-corrected chi connectivity index (χ4v) is 5.74. The Morgan fingerprint density at radius 1 is 1.22 bits per heavy atom. The summed E-state index contributed by atoms with van der Waals surface area (Å²) in [7, 11) is -4.03. The van der Waals surface area contributed by atoms with Crippen molar-refractivity contribution in [2.24, 2.45) is 5.92 Å². The number of benzene rings is 1. The molecule has 1 amide bonds. The third kappa shape index (κ3) is 5.81. The molecule has 1 fully saturated rings. The molecule has 196 valence electrons. The molecule has 4 rings (SSSR count). The molecule has 10 nitrogen and oxygen atoms in total. The van der Waals surface area contributed by atoms with Crippen LogP contribution >= 0.6 is 11.6 Å². The second kappa shape index (κ2) is 10.2. The molecule has 1 N–H and O–H groups in total. The molecular formula is C25H29ClN6O4S. The molecule has 0 saturated carbocycles. The number of rotatable bonds is 5. The molecule has 37 heavy (non-hydrogen) atoms. The van der Waals surface area contributed by atoms with Crippen LogP contribution in [0.5, 0.6) is 0 Å². The number of alkyl carbamates (subject to hydrolysis) is 1. The first kappa shape index (κ1) is 26.7. The molecule has 1 aliphatic heterocycles. The van der Waals surface area contributed by atoms with Crippen LogP contribution in [0.15, 0.2) is 35.4 Å². The maximum atomic E-state index is 13.4. The maximum absolute atomic E-state index is 13.4. The average molecular weight is 545 g/mol. The van der Waals surface area contributed by atoms with Crippen molar-refractivity contribution >= 4 is 44.6 Å². The molecular weight excluding hydrogens is 516 g/mol. The van der Waals surface area contributed by atoms with E-state index in [9.17, 15) is 18.5 Å². The lowest BCUT2D eigenvalue weighted by molar-refractivity contribution is 0.0516. The van der Waals surface area contributed by atoms with Crippen LogP contribution in [0, 0.1) is 24.2 Å². The van der Waals surface area contributed by atoms with E-state index < -0.39 is 21.7 Å². The summed E-state index contributed by atoms with van der Waals surface area (Å²) in [5.74, 6) is 0.654. The highest BCUT2D eigenvalue weighted by Gasteiger charge is 2.29. The minimum Gasteiger partial charge on any atom is -0.444 e. The predicted molar refractivity (Wildman–Crippen MR) is 140 cm³/mol. The van der Waals surface area contributed by atoms with E-state index in [2.05, 4.69) is 21.4 Å². The minimum atomic E-state index is -4.03. The number of hydrogen-bond acceptors (Lipinski definition) is 8. The summed E-state index contributed by atoms with van der Waals surface area (Å²) in [6.07, 6.45) is 2.33. The van der Waals surface area contributed by atoms with E-state index in [4.69, 9.17) is 16.3 Å². The zero-order valence-corrected chi connectivity index (χ0v) is 22.7. The van der Waals surface area contributed by atoms with E-state index >= 15 is 0 Å². The number of piperidine rings is 1. The summed E-state index contributed by atoms with van der Waals surface area (Å²) in [5.41, 5.74) is 0.561. The van der Waals surface area contributed by atoms with Gasteiger partial charge in [0, 0.05) is 25.8 Å². The average Bonchev–Trinajstić information content (AvgIpc) is 3.21.